The number of rotatable bonds is 3. The lowest BCUT2D eigenvalue weighted by molar-refractivity contribution is 0.172. The normalized spacial score (nSPS) is 24.3. The van der Waals surface area contributed by atoms with E-state index in [1.54, 1.807) is 17.3 Å². The first kappa shape index (κ1) is 14.1. The molecule has 6 heteroatoms. The first-order valence-corrected chi connectivity index (χ1v) is 7.76. The van der Waals surface area contributed by atoms with Crippen LogP contribution < -0.4 is 4.90 Å². The lowest BCUT2D eigenvalue weighted by atomic mass is 9.98. The standard InChI is InChI=1S/C17H18N4O2/c22-16-21(15-4-8-18-9-5-15)17(13-23-16)6-10-20(12-17)11-14-3-1-2-7-19-14/h1-5,7-9H,6,10-13H2. The number of ether oxygens (including phenoxy) is 1. The second-order valence-corrected chi connectivity index (χ2v) is 6.10. The molecule has 2 saturated heterocycles. The van der Waals surface area contributed by atoms with Crippen LogP contribution >= 0.6 is 0 Å². The summed E-state index contributed by atoms with van der Waals surface area (Å²) in [4.78, 5) is 24.8. The summed E-state index contributed by atoms with van der Waals surface area (Å²) in [5, 5.41) is 0. The fraction of sp³-hybridized carbons (Fsp3) is 0.353. The third-order valence-electron chi connectivity index (χ3n) is 4.57. The second kappa shape index (κ2) is 5.62. The molecule has 2 aromatic rings. The zero-order valence-electron chi connectivity index (χ0n) is 12.8. The van der Waals surface area contributed by atoms with Gasteiger partial charge in [-0.25, -0.2) is 4.79 Å². The van der Waals surface area contributed by atoms with E-state index in [1.165, 1.54) is 0 Å². The van der Waals surface area contributed by atoms with Crippen molar-refractivity contribution in [2.45, 2.75) is 18.5 Å². The smallest absolute Gasteiger partial charge is 0.415 e. The van der Waals surface area contributed by atoms with Crippen molar-refractivity contribution in [3.63, 3.8) is 0 Å². The summed E-state index contributed by atoms with van der Waals surface area (Å²) in [5.74, 6) is 0. The van der Waals surface area contributed by atoms with Crippen LogP contribution in [-0.2, 0) is 11.3 Å². The summed E-state index contributed by atoms with van der Waals surface area (Å²) in [6.07, 6.45) is 5.85. The minimum atomic E-state index is -0.285. The molecule has 1 atom stereocenters. The molecule has 1 spiro atoms. The number of nitrogens with zero attached hydrogens (tertiary/aromatic N) is 4. The predicted molar refractivity (Wildman–Crippen MR) is 84.9 cm³/mol. The van der Waals surface area contributed by atoms with Gasteiger partial charge in [-0.3, -0.25) is 19.8 Å². The van der Waals surface area contributed by atoms with Gasteiger partial charge in [0, 0.05) is 38.2 Å². The Morgan fingerprint density at radius 2 is 2.04 bits per heavy atom. The molecule has 0 aliphatic carbocycles. The van der Waals surface area contributed by atoms with Gasteiger partial charge in [0.15, 0.2) is 0 Å². The van der Waals surface area contributed by atoms with Crippen molar-refractivity contribution in [1.82, 2.24) is 14.9 Å². The molecule has 6 nitrogen and oxygen atoms in total. The van der Waals surface area contributed by atoms with Gasteiger partial charge in [0.1, 0.15) is 6.61 Å². The van der Waals surface area contributed by atoms with E-state index in [-0.39, 0.29) is 11.6 Å². The molecular weight excluding hydrogens is 292 g/mol. The van der Waals surface area contributed by atoms with Gasteiger partial charge in [0.05, 0.1) is 16.9 Å². The maximum absolute atomic E-state index is 12.3. The highest BCUT2D eigenvalue weighted by molar-refractivity contribution is 5.91. The zero-order chi connectivity index (χ0) is 15.7. The molecule has 0 radical (unpaired) electrons. The second-order valence-electron chi connectivity index (χ2n) is 6.10. The monoisotopic (exact) mass is 310 g/mol. The molecule has 1 unspecified atom stereocenters. The summed E-state index contributed by atoms with van der Waals surface area (Å²) in [6.45, 7) is 2.94. The van der Waals surface area contributed by atoms with Crippen molar-refractivity contribution >= 4 is 11.8 Å². The van der Waals surface area contributed by atoms with E-state index >= 15 is 0 Å². The lowest BCUT2D eigenvalue weighted by Gasteiger charge is -2.31. The quantitative estimate of drug-likeness (QED) is 0.868. The van der Waals surface area contributed by atoms with E-state index in [9.17, 15) is 4.79 Å². The van der Waals surface area contributed by atoms with Crippen LogP contribution in [0.1, 0.15) is 12.1 Å². The van der Waals surface area contributed by atoms with Gasteiger partial charge < -0.3 is 4.74 Å². The van der Waals surface area contributed by atoms with Gasteiger partial charge in [0.2, 0.25) is 0 Å². The van der Waals surface area contributed by atoms with Gasteiger partial charge in [-0.2, -0.15) is 0 Å². The third-order valence-corrected chi connectivity index (χ3v) is 4.57. The van der Waals surface area contributed by atoms with Crippen LogP contribution in [0.5, 0.6) is 0 Å². The molecule has 4 rings (SSSR count). The predicted octanol–water partition coefficient (Wildman–Crippen LogP) is 2.08. The number of carbonyl (C=O) groups excluding carboxylic acids is 1. The van der Waals surface area contributed by atoms with Gasteiger partial charge >= 0.3 is 6.09 Å². The zero-order valence-corrected chi connectivity index (χ0v) is 12.8. The third kappa shape index (κ3) is 2.55. The van der Waals surface area contributed by atoms with E-state index in [1.807, 2.05) is 36.5 Å². The molecule has 2 aliphatic rings. The summed E-state index contributed by atoms with van der Waals surface area (Å²) < 4.78 is 5.38. The molecule has 2 fully saturated rings. The SMILES string of the molecule is O=C1OCC2(CCN(Cc3ccccn3)C2)N1c1ccncc1. The fourth-order valence-corrected chi connectivity index (χ4v) is 3.49. The van der Waals surface area contributed by atoms with Crippen LogP contribution in [0.2, 0.25) is 0 Å². The summed E-state index contributed by atoms with van der Waals surface area (Å²) in [6, 6.07) is 9.66. The first-order valence-electron chi connectivity index (χ1n) is 7.76. The van der Waals surface area contributed by atoms with Crippen molar-refractivity contribution in [2.24, 2.45) is 0 Å². The van der Waals surface area contributed by atoms with Gasteiger partial charge in [-0.1, -0.05) is 6.07 Å². The number of cyclic esters (lactones) is 1. The summed E-state index contributed by atoms with van der Waals surface area (Å²) >= 11 is 0. The molecule has 0 N–H and O–H groups in total. The minimum Gasteiger partial charge on any atom is -0.447 e. The Morgan fingerprint density at radius 3 is 2.83 bits per heavy atom. The average molecular weight is 310 g/mol. The molecule has 2 aromatic heterocycles. The number of aromatic nitrogens is 2. The van der Waals surface area contributed by atoms with Crippen LogP contribution in [-0.4, -0.2) is 46.2 Å². The van der Waals surface area contributed by atoms with Gasteiger partial charge in [-0.05, 0) is 30.7 Å². The number of amides is 1. The number of anilines is 1. The maximum Gasteiger partial charge on any atom is 0.415 e. The molecule has 1 amide bonds. The summed E-state index contributed by atoms with van der Waals surface area (Å²) in [7, 11) is 0. The van der Waals surface area contributed by atoms with E-state index in [2.05, 4.69) is 14.9 Å². The van der Waals surface area contributed by atoms with Crippen molar-refractivity contribution in [2.75, 3.05) is 24.6 Å². The molecule has 118 valence electrons. The van der Waals surface area contributed by atoms with E-state index in [4.69, 9.17) is 4.74 Å². The van der Waals surface area contributed by atoms with Crippen LogP contribution in [0, 0.1) is 0 Å². The molecule has 0 saturated carbocycles. The number of carbonyl (C=O) groups is 1. The highest BCUT2D eigenvalue weighted by Crippen LogP contribution is 2.37. The maximum atomic E-state index is 12.3. The Balaban J connectivity index is 1.55. The van der Waals surface area contributed by atoms with Crippen molar-refractivity contribution in [3.8, 4) is 0 Å². The Bertz CT molecular complexity index is 694. The topological polar surface area (TPSA) is 58.6 Å². The fourth-order valence-electron chi connectivity index (χ4n) is 3.49. The Labute approximate surface area is 134 Å². The van der Waals surface area contributed by atoms with Crippen LogP contribution in [0.4, 0.5) is 10.5 Å². The Hall–Kier alpha value is -2.47. The lowest BCUT2D eigenvalue weighted by Crippen LogP contribution is -2.49. The molecule has 0 aromatic carbocycles. The first-order chi connectivity index (χ1) is 11.3. The minimum absolute atomic E-state index is 0.268. The Morgan fingerprint density at radius 1 is 1.17 bits per heavy atom. The van der Waals surface area contributed by atoms with Crippen molar-refractivity contribution < 1.29 is 9.53 Å². The van der Waals surface area contributed by atoms with E-state index in [0.29, 0.717) is 6.61 Å². The van der Waals surface area contributed by atoms with Crippen LogP contribution in [0.15, 0.2) is 48.9 Å². The molecular formula is C17H18N4O2. The number of pyridine rings is 2. The number of likely N-dealkylation sites (tertiary alicyclic amines) is 1. The Kier molecular flexibility index (Phi) is 3.46. The van der Waals surface area contributed by atoms with Gasteiger partial charge in [0.25, 0.3) is 0 Å². The molecule has 4 heterocycles. The van der Waals surface area contributed by atoms with Crippen LogP contribution in [0.3, 0.4) is 0 Å². The largest absolute Gasteiger partial charge is 0.447 e. The molecule has 2 aliphatic heterocycles. The highest BCUT2D eigenvalue weighted by Gasteiger charge is 2.52. The van der Waals surface area contributed by atoms with Crippen LogP contribution in [0.25, 0.3) is 0 Å². The van der Waals surface area contributed by atoms with Crippen molar-refractivity contribution in [3.05, 3.63) is 54.6 Å². The van der Waals surface area contributed by atoms with E-state index in [0.717, 1.165) is 37.4 Å². The number of hydrogen-bond acceptors (Lipinski definition) is 5. The van der Waals surface area contributed by atoms with Gasteiger partial charge in [-0.15, -0.1) is 0 Å². The molecule has 23 heavy (non-hydrogen) atoms. The van der Waals surface area contributed by atoms with E-state index < -0.39 is 0 Å². The van der Waals surface area contributed by atoms with Crippen molar-refractivity contribution in [1.29, 1.82) is 0 Å². The highest BCUT2D eigenvalue weighted by atomic mass is 16.6. The average Bonchev–Trinajstić information content (AvgIpc) is 3.13. The summed E-state index contributed by atoms with van der Waals surface area (Å²) in [5.41, 5.74) is 1.61. The number of hydrogen-bond donors (Lipinski definition) is 0. The molecule has 0 bridgehead atoms.